The van der Waals surface area contributed by atoms with Crippen LogP contribution in [0.2, 0.25) is 0 Å². The lowest BCUT2D eigenvalue weighted by atomic mass is 10.1. The van der Waals surface area contributed by atoms with Crippen molar-refractivity contribution in [1.82, 2.24) is 9.62 Å². The van der Waals surface area contributed by atoms with E-state index in [4.69, 9.17) is 18.0 Å². The average molecular weight is 315 g/mol. The van der Waals surface area contributed by atoms with Crippen LogP contribution < -0.4 is 10.5 Å². The molecular weight excluding hydrogens is 294 g/mol. The zero-order valence-electron chi connectivity index (χ0n) is 12.2. The molecule has 1 aromatic carbocycles. The second-order valence-electron chi connectivity index (χ2n) is 5.42. The second kappa shape index (κ2) is 6.17. The maximum Gasteiger partial charge on any atom is 0.240 e. The SMILES string of the molecule is CN(C)C(C)(C)CNS(=O)(=O)c1ccc(C(N)=S)cc1. The van der Waals surface area contributed by atoms with Gasteiger partial charge in [0.05, 0.1) is 4.90 Å². The van der Waals surface area contributed by atoms with Gasteiger partial charge in [0.15, 0.2) is 0 Å². The number of sulfonamides is 1. The molecule has 7 heteroatoms. The number of thiocarbonyl (C=S) groups is 1. The number of nitrogens with two attached hydrogens (primary N) is 1. The molecule has 0 radical (unpaired) electrons. The van der Waals surface area contributed by atoms with E-state index in [1.165, 1.54) is 12.1 Å². The smallest absolute Gasteiger partial charge is 0.240 e. The van der Waals surface area contributed by atoms with Crippen LogP contribution in [0.1, 0.15) is 19.4 Å². The number of benzene rings is 1. The van der Waals surface area contributed by atoms with Crippen LogP contribution in [0.4, 0.5) is 0 Å². The lowest BCUT2D eigenvalue weighted by Gasteiger charge is -2.32. The predicted octanol–water partition coefficient (Wildman–Crippen LogP) is 0.939. The molecule has 0 aromatic heterocycles. The van der Waals surface area contributed by atoms with Gasteiger partial charge in [0, 0.05) is 17.6 Å². The molecule has 0 saturated heterocycles. The summed E-state index contributed by atoms with van der Waals surface area (Å²) in [6, 6.07) is 6.21. The molecule has 0 unspecified atom stereocenters. The third-order valence-corrected chi connectivity index (χ3v) is 5.01. The quantitative estimate of drug-likeness (QED) is 0.764. The summed E-state index contributed by atoms with van der Waals surface area (Å²) < 4.78 is 27.0. The molecule has 0 bridgehead atoms. The number of nitrogens with one attached hydrogen (secondary N) is 1. The Bertz CT molecular complexity index is 578. The van der Waals surface area contributed by atoms with Crippen molar-refractivity contribution in [2.45, 2.75) is 24.3 Å². The van der Waals surface area contributed by atoms with E-state index in [0.717, 1.165) is 0 Å². The minimum atomic E-state index is -3.53. The van der Waals surface area contributed by atoms with Gasteiger partial charge in [0.2, 0.25) is 10.0 Å². The van der Waals surface area contributed by atoms with Gasteiger partial charge in [-0.25, -0.2) is 13.1 Å². The molecular formula is C13H21N3O2S2. The van der Waals surface area contributed by atoms with E-state index in [0.29, 0.717) is 12.1 Å². The normalized spacial score (nSPS) is 12.7. The van der Waals surface area contributed by atoms with Crippen LogP contribution in [0, 0.1) is 0 Å². The van der Waals surface area contributed by atoms with Crippen molar-refractivity contribution in [3.63, 3.8) is 0 Å². The van der Waals surface area contributed by atoms with E-state index in [1.807, 2.05) is 32.8 Å². The molecule has 0 saturated carbocycles. The number of rotatable bonds is 6. The van der Waals surface area contributed by atoms with E-state index in [9.17, 15) is 8.42 Å². The van der Waals surface area contributed by atoms with Gasteiger partial charge in [-0.2, -0.15) is 0 Å². The molecule has 112 valence electrons. The molecule has 0 aliphatic carbocycles. The van der Waals surface area contributed by atoms with Crippen molar-refractivity contribution >= 4 is 27.2 Å². The number of nitrogens with zero attached hydrogens (tertiary/aromatic N) is 1. The topological polar surface area (TPSA) is 75.4 Å². The average Bonchev–Trinajstić information content (AvgIpc) is 2.36. The van der Waals surface area contributed by atoms with E-state index in [-0.39, 0.29) is 15.4 Å². The lowest BCUT2D eigenvalue weighted by molar-refractivity contribution is 0.199. The van der Waals surface area contributed by atoms with Gasteiger partial charge in [-0.15, -0.1) is 0 Å². The summed E-state index contributed by atoms with van der Waals surface area (Å²) in [5.41, 5.74) is 5.86. The first kappa shape index (κ1) is 17.0. The van der Waals surface area contributed by atoms with E-state index < -0.39 is 10.0 Å². The third kappa shape index (κ3) is 4.24. The molecule has 20 heavy (non-hydrogen) atoms. The first-order valence-corrected chi connectivity index (χ1v) is 8.02. The molecule has 0 amide bonds. The summed E-state index contributed by atoms with van der Waals surface area (Å²) in [5.74, 6) is 0. The highest BCUT2D eigenvalue weighted by Crippen LogP contribution is 2.13. The van der Waals surface area contributed by atoms with Crippen molar-refractivity contribution in [3.05, 3.63) is 29.8 Å². The molecule has 0 aliphatic rings. The van der Waals surface area contributed by atoms with Crippen molar-refractivity contribution in [1.29, 1.82) is 0 Å². The van der Waals surface area contributed by atoms with Gasteiger partial charge in [-0.3, -0.25) is 0 Å². The predicted molar refractivity (Wildman–Crippen MR) is 85.3 cm³/mol. The summed E-state index contributed by atoms with van der Waals surface area (Å²) in [7, 11) is 0.286. The van der Waals surface area contributed by atoms with Crippen molar-refractivity contribution in [2.24, 2.45) is 5.73 Å². The summed E-state index contributed by atoms with van der Waals surface area (Å²) >= 11 is 4.83. The van der Waals surface area contributed by atoms with Crippen LogP contribution >= 0.6 is 12.2 Å². The molecule has 3 N–H and O–H groups in total. The van der Waals surface area contributed by atoms with Crippen molar-refractivity contribution in [3.8, 4) is 0 Å². The first-order valence-electron chi connectivity index (χ1n) is 6.13. The van der Waals surface area contributed by atoms with Gasteiger partial charge in [-0.1, -0.05) is 24.4 Å². The summed E-state index contributed by atoms with van der Waals surface area (Å²) in [6.45, 7) is 4.25. The molecule has 1 aromatic rings. The van der Waals surface area contributed by atoms with Crippen molar-refractivity contribution < 1.29 is 8.42 Å². The van der Waals surface area contributed by atoms with Crippen molar-refractivity contribution in [2.75, 3.05) is 20.6 Å². The van der Waals surface area contributed by atoms with Crippen LogP contribution in [0.5, 0.6) is 0 Å². The molecule has 0 atom stereocenters. The van der Waals surface area contributed by atoms with E-state index >= 15 is 0 Å². The maximum absolute atomic E-state index is 12.2. The standard InChI is InChI=1S/C13H21N3O2S2/c1-13(2,16(3)4)9-15-20(17,18)11-7-5-10(6-8-11)12(14)19/h5-8,15H,9H2,1-4H3,(H2,14,19). The van der Waals surface area contributed by atoms with Gasteiger partial charge < -0.3 is 10.6 Å². The van der Waals surface area contributed by atoms with Gasteiger partial charge in [0.25, 0.3) is 0 Å². The van der Waals surface area contributed by atoms with Gasteiger partial charge in [0.1, 0.15) is 4.99 Å². The fourth-order valence-corrected chi connectivity index (χ4v) is 2.65. The van der Waals surface area contributed by atoms with E-state index in [1.54, 1.807) is 12.1 Å². The molecule has 0 fully saturated rings. The largest absolute Gasteiger partial charge is 0.389 e. The summed E-state index contributed by atoms with van der Waals surface area (Å²) in [5, 5.41) is 0. The Kier molecular flexibility index (Phi) is 5.26. The molecule has 0 heterocycles. The Labute approximate surface area is 126 Å². The molecule has 1 rings (SSSR count). The zero-order chi connectivity index (χ0) is 15.6. The summed E-state index contributed by atoms with van der Waals surface area (Å²) in [4.78, 5) is 2.41. The lowest BCUT2D eigenvalue weighted by Crippen LogP contribution is -2.48. The highest BCUT2D eigenvalue weighted by Gasteiger charge is 2.24. The maximum atomic E-state index is 12.2. The third-order valence-electron chi connectivity index (χ3n) is 3.35. The molecule has 5 nitrogen and oxygen atoms in total. The Balaban J connectivity index is 2.87. The minimum absolute atomic E-state index is 0.201. The van der Waals surface area contributed by atoms with Crippen LogP contribution in [0.3, 0.4) is 0 Å². The van der Waals surface area contributed by atoms with Crippen LogP contribution in [-0.4, -0.2) is 44.5 Å². The van der Waals surface area contributed by atoms with Gasteiger partial charge in [-0.05, 0) is 40.1 Å². The van der Waals surface area contributed by atoms with Gasteiger partial charge >= 0.3 is 0 Å². The zero-order valence-corrected chi connectivity index (χ0v) is 13.8. The number of hydrogen-bond donors (Lipinski definition) is 2. The highest BCUT2D eigenvalue weighted by atomic mass is 32.2. The summed E-state index contributed by atoms with van der Waals surface area (Å²) in [6.07, 6.45) is 0. The first-order chi connectivity index (χ1) is 9.06. The number of hydrogen-bond acceptors (Lipinski definition) is 4. The Morgan fingerprint density at radius 2 is 1.80 bits per heavy atom. The Hall–Kier alpha value is -1.02. The van der Waals surface area contributed by atoms with Crippen LogP contribution in [0.15, 0.2) is 29.2 Å². The van der Waals surface area contributed by atoms with Crippen LogP contribution in [-0.2, 0) is 10.0 Å². The fourth-order valence-electron chi connectivity index (χ4n) is 1.31. The molecule has 0 spiro atoms. The fraction of sp³-hybridized carbons (Fsp3) is 0.462. The Morgan fingerprint density at radius 1 is 1.30 bits per heavy atom. The Morgan fingerprint density at radius 3 is 2.20 bits per heavy atom. The number of likely N-dealkylation sites (N-methyl/N-ethyl adjacent to an activating group) is 1. The highest BCUT2D eigenvalue weighted by molar-refractivity contribution is 7.89. The van der Waals surface area contributed by atoms with E-state index in [2.05, 4.69) is 4.72 Å². The molecule has 0 aliphatic heterocycles. The van der Waals surface area contributed by atoms with Crippen LogP contribution in [0.25, 0.3) is 0 Å². The minimum Gasteiger partial charge on any atom is -0.389 e. The monoisotopic (exact) mass is 315 g/mol. The second-order valence-corrected chi connectivity index (χ2v) is 7.63.